The summed E-state index contributed by atoms with van der Waals surface area (Å²) in [4.78, 5) is 15.2. The largest absolute Gasteiger partial charge is 0.472 e. The number of rotatable bonds is 2. The van der Waals surface area contributed by atoms with E-state index >= 15 is 0 Å². The van der Waals surface area contributed by atoms with Crippen molar-refractivity contribution in [3.8, 4) is 0 Å². The van der Waals surface area contributed by atoms with Gasteiger partial charge in [0.2, 0.25) is 5.78 Å². The molecule has 4 nitrogen and oxygen atoms in total. The van der Waals surface area contributed by atoms with Crippen LogP contribution in [0.4, 0.5) is 5.69 Å². The molecule has 0 fully saturated rings. The van der Waals surface area contributed by atoms with Gasteiger partial charge in [-0.3, -0.25) is 4.79 Å². The van der Waals surface area contributed by atoms with E-state index in [-0.39, 0.29) is 5.78 Å². The van der Waals surface area contributed by atoms with Gasteiger partial charge in [0.1, 0.15) is 12.0 Å². The van der Waals surface area contributed by atoms with Gasteiger partial charge >= 0.3 is 0 Å². The normalized spacial score (nSPS) is 10.9. The average molecular weight is 261 g/mol. The van der Waals surface area contributed by atoms with E-state index in [1.54, 1.807) is 24.3 Å². The SMILES string of the molecule is Nc1c(C(=O)c2ccoc2)[nH]c2cc(Cl)ccc12. The first-order valence-corrected chi connectivity index (χ1v) is 5.68. The van der Waals surface area contributed by atoms with Crippen molar-refractivity contribution in [3.05, 3.63) is 53.1 Å². The Morgan fingerprint density at radius 1 is 1.33 bits per heavy atom. The summed E-state index contributed by atoms with van der Waals surface area (Å²) < 4.78 is 4.89. The van der Waals surface area contributed by atoms with Crippen LogP contribution in [-0.2, 0) is 0 Å². The summed E-state index contributed by atoms with van der Waals surface area (Å²) in [5.74, 6) is -0.200. The minimum atomic E-state index is -0.200. The number of anilines is 1. The number of hydrogen-bond donors (Lipinski definition) is 2. The predicted molar refractivity (Wildman–Crippen MR) is 69.9 cm³/mol. The van der Waals surface area contributed by atoms with Crippen molar-refractivity contribution >= 4 is 34.0 Å². The molecule has 0 atom stereocenters. The number of ketones is 1. The number of aromatic amines is 1. The maximum atomic E-state index is 12.2. The molecular weight excluding hydrogens is 252 g/mol. The van der Waals surface area contributed by atoms with E-state index in [0.29, 0.717) is 22.0 Å². The van der Waals surface area contributed by atoms with Crippen LogP contribution in [0.5, 0.6) is 0 Å². The fraction of sp³-hybridized carbons (Fsp3) is 0. The molecule has 90 valence electrons. The minimum Gasteiger partial charge on any atom is -0.472 e. The zero-order valence-corrected chi connectivity index (χ0v) is 9.99. The predicted octanol–water partition coefficient (Wildman–Crippen LogP) is 3.23. The standard InChI is InChI=1S/C13H9ClN2O2/c14-8-1-2-9-10(5-8)16-12(11(9)15)13(17)7-3-4-18-6-7/h1-6,16H,15H2. The number of furan rings is 1. The molecule has 0 unspecified atom stereocenters. The average Bonchev–Trinajstić information content (AvgIpc) is 2.97. The lowest BCUT2D eigenvalue weighted by atomic mass is 10.1. The first kappa shape index (κ1) is 10.9. The zero-order chi connectivity index (χ0) is 12.7. The number of carbonyl (C=O) groups is 1. The van der Waals surface area contributed by atoms with Crippen LogP contribution < -0.4 is 5.73 Å². The Morgan fingerprint density at radius 2 is 2.17 bits per heavy atom. The highest BCUT2D eigenvalue weighted by atomic mass is 35.5. The van der Waals surface area contributed by atoms with Crippen molar-refractivity contribution in [3.63, 3.8) is 0 Å². The van der Waals surface area contributed by atoms with Crippen LogP contribution in [0.15, 0.2) is 41.2 Å². The quantitative estimate of drug-likeness (QED) is 0.695. The zero-order valence-electron chi connectivity index (χ0n) is 9.24. The van der Waals surface area contributed by atoms with Gasteiger partial charge < -0.3 is 15.1 Å². The molecule has 0 radical (unpaired) electrons. The van der Waals surface area contributed by atoms with Gasteiger partial charge in [-0.05, 0) is 24.3 Å². The van der Waals surface area contributed by atoms with E-state index in [2.05, 4.69) is 4.98 Å². The second-order valence-corrected chi connectivity index (χ2v) is 4.38. The maximum Gasteiger partial charge on any atom is 0.214 e. The first-order chi connectivity index (χ1) is 8.66. The van der Waals surface area contributed by atoms with E-state index in [0.717, 1.165) is 10.9 Å². The third-order valence-electron chi connectivity index (χ3n) is 2.81. The number of aromatic nitrogens is 1. The van der Waals surface area contributed by atoms with Crippen LogP contribution >= 0.6 is 11.6 Å². The number of benzene rings is 1. The maximum absolute atomic E-state index is 12.2. The third kappa shape index (κ3) is 1.58. The fourth-order valence-electron chi connectivity index (χ4n) is 1.91. The molecule has 0 saturated carbocycles. The van der Waals surface area contributed by atoms with E-state index in [4.69, 9.17) is 21.8 Å². The Labute approximate surface area is 107 Å². The summed E-state index contributed by atoms with van der Waals surface area (Å²) in [7, 11) is 0. The van der Waals surface area contributed by atoms with Gasteiger partial charge in [0, 0.05) is 15.9 Å². The number of halogens is 1. The van der Waals surface area contributed by atoms with Crippen molar-refractivity contribution in [2.75, 3.05) is 5.73 Å². The number of nitrogens with two attached hydrogens (primary N) is 1. The lowest BCUT2D eigenvalue weighted by molar-refractivity contribution is 0.103. The minimum absolute atomic E-state index is 0.200. The second-order valence-electron chi connectivity index (χ2n) is 3.94. The molecule has 1 aromatic carbocycles. The summed E-state index contributed by atoms with van der Waals surface area (Å²) in [6.07, 6.45) is 2.84. The highest BCUT2D eigenvalue weighted by Gasteiger charge is 2.18. The first-order valence-electron chi connectivity index (χ1n) is 5.30. The van der Waals surface area contributed by atoms with Crippen LogP contribution in [0, 0.1) is 0 Å². The van der Waals surface area contributed by atoms with E-state index in [1.807, 2.05) is 0 Å². The molecule has 3 N–H and O–H groups in total. The van der Waals surface area contributed by atoms with Crippen molar-refractivity contribution in [2.45, 2.75) is 0 Å². The summed E-state index contributed by atoms with van der Waals surface area (Å²) in [5, 5.41) is 1.37. The molecule has 0 bridgehead atoms. The molecule has 18 heavy (non-hydrogen) atoms. The van der Waals surface area contributed by atoms with Gasteiger partial charge in [0.25, 0.3) is 0 Å². The number of fused-ring (bicyclic) bond motifs is 1. The van der Waals surface area contributed by atoms with E-state index in [9.17, 15) is 4.79 Å². The molecule has 0 aliphatic rings. The number of nitrogen functional groups attached to an aromatic ring is 1. The monoisotopic (exact) mass is 260 g/mol. The Bertz CT molecular complexity index is 729. The van der Waals surface area contributed by atoms with Gasteiger partial charge in [-0.2, -0.15) is 0 Å². The number of carbonyl (C=O) groups excluding carboxylic acids is 1. The molecule has 3 aromatic rings. The van der Waals surface area contributed by atoms with Crippen molar-refractivity contribution in [1.82, 2.24) is 4.98 Å². The van der Waals surface area contributed by atoms with Crippen LogP contribution in [0.25, 0.3) is 10.9 Å². The van der Waals surface area contributed by atoms with Crippen LogP contribution in [0.1, 0.15) is 16.1 Å². The summed E-state index contributed by atoms with van der Waals surface area (Å²) in [6, 6.07) is 6.86. The Kier molecular flexibility index (Phi) is 2.38. The van der Waals surface area contributed by atoms with Gasteiger partial charge in [-0.25, -0.2) is 0 Å². The fourth-order valence-corrected chi connectivity index (χ4v) is 2.08. The van der Waals surface area contributed by atoms with Gasteiger partial charge in [-0.15, -0.1) is 0 Å². The van der Waals surface area contributed by atoms with E-state index in [1.165, 1.54) is 12.5 Å². The molecule has 2 aromatic heterocycles. The summed E-state index contributed by atoms with van der Waals surface area (Å²) >= 11 is 5.90. The molecule has 0 aliphatic carbocycles. The molecule has 0 saturated heterocycles. The summed E-state index contributed by atoms with van der Waals surface area (Å²) in [6.45, 7) is 0. The third-order valence-corrected chi connectivity index (χ3v) is 3.05. The van der Waals surface area contributed by atoms with Crippen molar-refractivity contribution in [2.24, 2.45) is 0 Å². The lowest BCUT2D eigenvalue weighted by Crippen LogP contribution is -2.03. The molecule has 0 aliphatic heterocycles. The van der Waals surface area contributed by atoms with Gasteiger partial charge in [0.15, 0.2) is 0 Å². The molecular formula is C13H9ClN2O2. The Balaban J connectivity index is 2.18. The number of nitrogens with one attached hydrogen (secondary N) is 1. The van der Waals surface area contributed by atoms with Crippen LogP contribution in [0.2, 0.25) is 5.02 Å². The number of H-pyrrole nitrogens is 1. The van der Waals surface area contributed by atoms with Gasteiger partial charge in [0.05, 0.1) is 17.5 Å². The van der Waals surface area contributed by atoms with Crippen molar-refractivity contribution < 1.29 is 9.21 Å². The smallest absolute Gasteiger partial charge is 0.214 e. The summed E-state index contributed by atoms with van der Waals surface area (Å²) in [5.41, 5.74) is 7.95. The van der Waals surface area contributed by atoms with E-state index < -0.39 is 0 Å². The molecule has 5 heteroatoms. The second kappa shape index (κ2) is 3.92. The van der Waals surface area contributed by atoms with Crippen LogP contribution in [0.3, 0.4) is 0 Å². The molecule has 0 amide bonds. The highest BCUT2D eigenvalue weighted by Crippen LogP contribution is 2.28. The lowest BCUT2D eigenvalue weighted by Gasteiger charge is -1.95. The Morgan fingerprint density at radius 3 is 2.89 bits per heavy atom. The van der Waals surface area contributed by atoms with Gasteiger partial charge in [-0.1, -0.05) is 11.6 Å². The highest BCUT2D eigenvalue weighted by molar-refractivity contribution is 6.31. The number of hydrogen-bond acceptors (Lipinski definition) is 3. The molecule has 0 spiro atoms. The molecule has 2 heterocycles. The molecule has 3 rings (SSSR count). The van der Waals surface area contributed by atoms with Crippen molar-refractivity contribution in [1.29, 1.82) is 0 Å². The topological polar surface area (TPSA) is 72.0 Å². The van der Waals surface area contributed by atoms with Crippen LogP contribution in [-0.4, -0.2) is 10.8 Å². The Hall–Kier alpha value is -2.20.